The molecule has 0 aromatic carbocycles. The van der Waals surface area contributed by atoms with Gasteiger partial charge in [0, 0.05) is 61.2 Å². The quantitative estimate of drug-likeness (QED) is 0.763. The van der Waals surface area contributed by atoms with Gasteiger partial charge in [0.1, 0.15) is 0 Å². The standard InChI is InChI=1S/C12H19N3OS/c16-17-9-7-15(8-10-17)6-5-13-11-12-3-1-2-4-14-12/h1-4,13H,5-11H2. The third kappa shape index (κ3) is 4.53. The maximum atomic E-state index is 11.2. The van der Waals surface area contributed by atoms with Crippen LogP contribution in [0.25, 0.3) is 0 Å². The third-order valence-corrected chi connectivity index (χ3v) is 4.18. The van der Waals surface area contributed by atoms with Crippen LogP contribution in [0.2, 0.25) is 0 Å². The van der Waals surface area contributed by atoms with E-state index in [1.807, 2.05) is 24.4 Å². The number of hydrogen-bond donors (Lipinski definition) is 1. The second-order valence-electron chi connectivity index (χ2n) is 4.19. The monoisotopic (exact) mass is 253 g/mol. The minimum absolute atomic E-state index is 0.570. The fourth-order valence-electron chi connectivity index (χ4n) is 1.86. The van der Waals surface area contributed by atoms with E-state index >= 15 is 0 Å². The van der Waals surface area contributed by atoms with Crippen molar-refractivity contribution in [3.05, 3.63) is 30.1 Å². The molecule has 0 radical (unpaired) electrons. The average molecular weight is 253 g/mol. The molecule has 0 aliphatic carbocycles. The van der Waals surface area contributed by atoms with Crippen LogP contribution in [0.15, 0.2) is 24.4 Å². The van der Waals surface area contributed by atoms with E-state index in [9.17, 15) is 4.21 Å². The van der Waals surface area contributed by atoms with Crippen molar-refractivity contribution in [2.24, 2.45) is 0 Å². The van der Waals surface area contributed by atoms with Crippen molar-refractivity contribution >= 4 is 10.8 Å². The van der Waals surface area contributed by atoms with Crippen LogP contribution >= 0.6 is 0 Å². The SMILES string of the molecule is O=S1CCN(CCNCc2ccccn2)CC1. The molecule has 1 aromatic rings. The first-order valence-corrected chi connectivity index (χ1v) is 7.51. The fourth-order valence-corrected chi connectivity index (χ4v) is 2.98. The van der Waals surface area contributed by atoms with Crippen molar-refractivity contribution in [3.8, 4) is 0 Å². The fraction of sp³-hybridized carbons (Fsp3) is 0.583. The summed E-state index contributed by atoms with van der Waals surface area (Å²) in [5, 5.41) is 3.38. The predicted octanol–water partition coefficient (Wildman–Crippen LogP) is 0.235. The molecule has 2 heterocycles. The Morgan fingerprint density at radius 3 is 2.88 bits per heavy atom. The van der Waals surface area contributed by atoms with Gasteiger partial charge >= 0.3 is 0 Å². The second kappa shape index (κ2) is 6.83. The maximum absolute atomic E-state index is 11.2. The lowest BCUT2D eigenvalue weighted by molar-refractivity contribution is 0.298. The first-order valence-electron chi connectivity index (χ1n) is 6.02. The molecule has 2 rings (SSSR count). The van der Waals surface area contributed by atoms with Crippen molar-refractivity contribution in [1.82, 2.24) is 15.2 Å². The molecule has 1 aromatic heterocycles. The lowest BCUT2D eigenvalue weighted by Gasteiger charge is -2.25. The van der Waals surface area contributed by atoms with Crippen molar-refractivity contribution in [2.45, 2.75) is 6.54 Å². The highest BCUT2D eigenvalue weighted by Gasteiger charge is 2.13. The van der Waals surface area contributed by atoms with Crippen LogP contribution in [-0.4, -0.2) is 51.8 Å². The van der Waals surface area contributed by atoms with Crippen molar-refractivity contribution in [3.63, 3.8) is 0 Å². The molecule has 1 aliphatic rings. The van der Waals surface area contributed by atoms with Crippen LogP contribution in [0.1, 0.15) is 5.69 Å². The van der Waals surface area contributed by atoms with E-state index in [0.29, 0.717) is 0 Å². The summed E-state index contributed by atoms with van der Waals surface area (Å²) in [4.78, 5) is 6.62. The molecule has 17 heavy (non-hydrogen) atoms. The number of nitrogens with one attached hydrogen (secondary N) is 1. The molecule has 94 valence electrons. The second-order valence-corrected chi connectivity index (χ2v) is 5.88. The van der Waals surface area contributed by atoms with Crippen LogP contribution in [-0.2, 0) is 17.3 Å². The first kappa shape index (κ1) is 12.7. The topological polar surface area (TPSA) is 45.2 Å². The number of hydrogen-bond acceptors (Lipinski definition) is 4. The van der Waals surface area contributed by atoms with Crippen molar-refractivity contribution in [2.75, 3.05) is 37.7 Å². The molecule has 0 spiro atoms. The van der Waals surface area contributed by atoms with Gasteiger partial charge in [0.2, 0.25) is 0 Å². The first-order chi connectivity index (χ1) is 8.34. The summed E-state index contributed by atoms with van der Waals surface area (Å²) in [7, 11) is -0.570. The summed E-state index contributed by atoms with van der Waals surface area (Å²) in [6.07, 6.45) is 1.82. The van der Waals surface area contributed by atoms with Crippen LogP contribution < -0.4 is 5.32 Å². The highest BCUT2D eigenvalue weighted by atomic mass is 32.2. The summed E-state index contributed by atoms with van der Waals surface area (Å²) in [5.41, 5.74) is 1.08. The van der Waals surface area contributed by atoms with Gasteiger partial charge in [-0.2, -0.15) is 0 Å². The Labute approximate surface area is 105 Å². The molecule has 0 bridgehead atoms. The van der Waals surface area contributed by atoms with Crippen LogP contribution in [0.4, 0.5) is 0 Å². The van der Waals surface area contributed by atoms with E-state index in [-0.39, 0.29) is 0 Å². The predicted molar refractivity (Wildman–Crippen MR) is 70.3 cm³/mol. The van der Waals surface area contributed by atoms with E-state index in [2.05, 4.69) is 15.2 Å². The van der Waals surface area contributed by atoms with Crippen LogP contribution in [0, 0.1) is 0 Å². The Morgan fingerprint density at radius 2 is 2.18 bits per heavy atom. The molecular weight excluding hydrogens is 234 g/mol. The largest absolute Gasteiger partial charge is 0.310 e. The molecule has 5 heteroatoms. The summed E-state index contributed by atoms with van der Waals surface area (Å²) >= 11 is 0. The van der Waals surface area contributed by atoms with E-state index in [1.54, 1.807) is 0 Å². The molecule has 0 amide bonds. The molecule has 1 N–H and O–H groups in total. The van der Waals surface area contributed by atoms with Gasteiger partial charge < -0.3 is 10.2 Å². The normalized spacial score (nSPS) is 18.4. The lowest BCUT2D eigenvalue weighted by atomic mass is 10.3. The van der Waals surface area contributed by atoms with Crippen LogP contribution in [0.5, 0.6) is 0 Å². The van der Waals surface area contributed by atoms with Gasteiger partial charge in [-0.05, 0) is 12.1 Å². The van der Waals surface area contributed by atoms with Gasteiger partial charge in [0.15, 0.2) is 0 Å². The molecule has 4 nitrogen and oxygen atoms in total. The number of aromatic nitrogens is 1. The molecule has 0 unspecified atom stereocenters. The lowest BCUT2D eigenvalue weighted by Crippen LogP contribution is -2.41. The van der Waals surface area contributed by atoms with Crippen LogP contribution in [0.3, 0.4) is 0 Å². The Balaban J connectivity index is 1.59. The van der Waals surface area contributed by atoms with Gasteiger partial charge in [-0.1, -0.05) is 6.07 Å². The zero-order chi connectivity index (χ0) is 11.9. The molecule has 1 aliphatic heterocycles. The van der Waals surface area contributed by atoms with Gasteiger partial charge in [-0.3, -0.25) is 9.19 Å². The summed E-state index contributed by atoms with van der Waals surface area (Å²) < 4.78 is 11.2. The third-order valence-electron chi connectivity index (χ3n) is 2.91. The van der Waals surface area contributed by atoms with Gasteiger partial charge in [-0.15, -0.1) is 0 Å². The zero-order valence-electron chi connectivity index (χ0n) is 9.97. The van der Waals surface area contributed by atoms with Crippen molar-refractivity contribution in [1.29, 1.82) is 0 Å². The minimum Gasteiger partial charge on any atom is -0.310 e. The van der Waals surface area contributed by atoms with E-state index in [4.69, 9.17) is 0 Å². The smallest absolute Gasteiger partial charge is 0.0541 e. The highest BCUT2D eigenvalue weighted by molar-refractivity contribution is 7.85. The average Bonchev–Trinajstić information content (AvgIpc) is 2.38. The maximum Gasteiger partial charge on any atom is 0.0541 e. The summed E-state index contributed by atoms with van der Waals surface area (Å²) in [5.74, 6) is 1.67. The molecule has 1 saturated heterocycles. The molecule has 0 atom stereocenters. The van der Waals surface area contributed by atoms with E-state index < -0.39 is 10.8 Å². The zero-order valence-corrected chi connectivity index (χ0v) is 10.8. The van der Waals surface area contributed by atoms with E-state index in [0.717, 1.165) is 49.9 Å². The molecule has 0 saturated carbocycles. The minimum atomic E-state index is -0.570. The summed E-state index contributed by atoms with van der Waals surface area (Å²) in [6, 6.07) is 5.96. The van der Waals surface area contributed by atoms with Crippen molar-refractivity contribution < 1.29 is 4.21 Å². The summed E-state index contributed by atoms with van der Waals surface area (Å²) in [6.45, 7) is 4.75. The number of pyridine rings is 1. The van der Waals surface area contributed by atoms with E-state index in [1.165, 1.54) is 0 Å². The number of nitrogens with zero attached hydrogens (tertiary/aromatic N) is 2. The molecular formula is C12H19N3OS. The highest BCUT2D eigenvalue weighted by Crippen LogP contribution is 1.98. The van der Waals surface area contributed by atoms with Gasteiger partial charge in [0.05, 0.1) is 5.69 Å². The number of rotatable bonds is 5. The Morgan fingerprint density at radius 1 is 1.35 bits per heavy atom. The Hall–Kier alpha value is -0.780. The van der Waals surface area contributed by atoms with Gasteiger partial charge in [-0.25, -0.2) is 0 Å². The van der Waals surface area contributed by atoms with Gasteiger partial charge in [0.25, 0.3) is 0 Å². The molecule has 1 fully saturated rings. The Bertz CT molecular complexity index is 348. The Kier molecular flexibility index (Phi) is 5.09.